The Morgan fingerprint density at radius 1 is 1.39 bits per heavy atom. The van der Waals surface area contributed by atoms with E-state index in [0.29, 0.717) is 11.8 Å². The highest BCUT2D eigenvalue weighted by atomic mass is 16.6. The molecule has 1 saturated heterocycles. The van der Waals surface area contributed by atoms with Crippen molar-refractivity contribution in [2.75, 3.05) is 20.1 Å². The van der Waals surface area contributed by atoms with Crippen LogP contribution in [0.15, 0.2) is 40.8 Å². The van der Waals surface area contributed by atoms with E-state index in [1.54, 1.807) is 12.1 Å². The summed E-state index contributed by atoms with van der Waals surface area (Å²) in [6, 6.07) is 10.9. The minimum Gasteiger partial charge on any atom is -0.460 e. The molecule has 2 heterocycles. The molecule has 0 spiro atoms. The van der Waals surface area contributed by atoms with Gasteiger partial charge in [0.1, 0.15) is 11.5 Å². The van der Waals surface area contributed by atoms with Gasteiger partial charge in [-0.15, -0.1) is 0 Å². The quantitative estimate of drug-likeness (QED) is 0.678. The first kappa shape index (κ1) is 15.7. The molecule has 1 atom stereocenters. The molecule has 23 heavy (non-hydrogen) atoms. The second kappa shape index (κ2) is 6.93. The molecule has 1 unspecified atom stereocenters. The number of nitrogens with one attached hydrogen (secondary N) is 1. The number of benzene rings is 1. The van der Waals surface area contributed by atoms with Gasteiger partial charge in [-0.3, -0.25) is 15.0 Å². The molecule has 6 nitrogen and oxygen atoms in total. The van der Waals surface area contributed by atoms with Crippen molar-refractivity contribution in [1.82, 2.24) is 10.2 Å². The monoisotopic (exact) mass is 315 g/mol. The van der Waals surface area contributed by atoms with E-state index >= 15 is 0 Å². The lowest BCUT2D eigenvalue weighted by atomic mass is 10.1. The van der Waals surface area contributed by atoms with E-state index in [1.165, 1.54) is 18.9 Å². The van der Waals surface area contributed by atoms with E-state index in [0.717, 1.165) is 31.0 Å². The van der Waals surface area contributed by atoms with E-state index in [2.05, 4.69) is 10.2 Å². The zero-order valence-corrected chi connectivity index (χ0v) is 13.2. The van der Waals surface area contributed by atoms with Crippen molar-refractivity contribution in [2.45, 2.75) is 25.4 Å². The molecule has 1 fully saturated rings. The van der Waals surface area contributed by atoms with Crippen LogP contribution in [0.25, 0.3) is 11.3 Å². The summed E-state index contributed by atoms with van der Waals surface area (Å²) in [7, 11) is 2.00. The fourth-order valence-corrected chi connectivity index (χ4v) is 3.05. The molecule has 1 N–H and O–H groups in total. The van der Waals surface area contributed by atoms with E-state index in [-0.39, 0.29) is 10.6 Å². The first-order valence-corrected chi connectivity index (χ1v) is 7.89. The molecule has 1 aromatic heterocycles. The van der Waals surface area contributed by atoms with Gasteiger partial charge < -0.3 is 9.73 Å². The van der Waals surface area contributed by atoms with Gasteiger partial charge in [0.05, 0.1) is 11.5 Å². The van der Waals surface area contributed by atoms with Crippen molar-refractivity contribution in [3.05, 3.63) is 52.3 Å². The van der Waals surface area contributed by atoms with E-state index in [9.17, 15) is 10.1 Å². The second-order valence-corrected chi connectivity index (χ2v) is 5.94. The van der Waals surface area contributed by atoms with Gasteiger partial charge in [-0.05, 0) is 38.6 Å². The second-order valence-electron chi connectivity index (χ2n) is 5.94. The van der Waals surface area contributed by atoms with Crippen LogP contribution in [-0.2, 0) is 6.54 Å². The largest absolute Gasteiger partial charge is 0.460 e. The Hall–Kier alpha value is -2.18. The van der Waals surface area contributed by atoms with Gasteiger partial charge in [-0.25, -0.2) is 0 Å². The molecule has 1 aliphatic rings. The molecule has 1 aliphatic heterocycles. The molecule has 122 valence electrons. The van der Waals surface area contributed by atoms with Crippen LogP contribution < -0.4 is 5.32 Å². The lowest BCUT2D eigenvalue weighted by Crippen LogP contribution is -2.43. The Labute approximate surface area is 135 Å². The Kier molecular flexibility index (Phi) is 4.73. The molecule has 2 aromatic rings. The van der Waals surface area contributed by atoms with Gasteiger partial charge in [-0.2, -0.15) is 0 Å². The van der Waals surface area contributed by atoms with Crippen LogP contribution in [0.4, 0.5) is 5.69 Å². The maximum Gasteiger partial charge on any atom is 0.270 e. The lowest BCUT2D eigenvalue weighted by molar-refractivity contribution is -0.384. The number of hydrogen-bond acceptors (Lipinski definition) is 5. The summed E-state index contributed by atoms with van der Waals surface area (Å²) in [5.41, 5.74) is 0.811. The number of hydrogen-bond donors (Lipinski definition) is 1. The first-order chi connectivity index (χ1) is 11.2. The molecule has 0 amide bonds. The van der Waals surface area contributed by atoms with Crippen LogP contribution in [-0.4, -0.2) is 36.0 Å². The number of piperidine rings is 1. The van der Waals surface area contributed by atoms with Crippen molar-refractivity contribution >= 4 is 5.69 Å². The van der Waals surface area contributed by atoms with Crippen molar-refractivity contribution in [2.24, 2.45) is 0 Å². The highest BCUT2D eigenvalue weighted by molar-refractivity contribution is 5.61. The predicted octanol–water partition coefficient (Wildman–Crippen LogP) is 3.04. The molecular weight excluding hydrogens is 294 g/mol. The average molecular weight is 315 g/mol. The SMILES string of the molecule is CNC1CCCN(Cc2ccc(-c3cccc([N+](=O)[O-])c3)o2)C1. The van der Waals surface area contributed by atoms with Gasteiger partial charge in [-0.1, -0.05) is 12.1 Å². The van der Waals surface area contributed by atoms with E-state index in [1.807, 2.05) is 25.2 Å². The molecule has 0 bridgehead atoms. The van der Waals surface area contributed by atoms with Gasteiger partial charge >= 0.3 is 0 Å². The zero-order chi connectivity index (χ0) is 16.2. The maximum atomic E-state index is 10.9. The molecule has 6 heteroatoms. The third-order valence-electron chi connectivity index (χ3n) is 4.30. The number of likely N-dealkylation sites (tertiary alicyclic amines) is 1. The summed E-state index contributed by atoms with van der Waals surface area (Å²) in [5, 5.41) is 14.2. The molecule has 1 aromatic carbocycles. The van der Waals surface area contributed by atoms with Crippen molar-refractivity contribution < 1.29 is 9.34 Å². The average Bonchev–Trinajstić information content (AvgIpc) is 3.03. The van der Waals surface area contributed by atoms with Gasteiger partial charge in [0.15, 0.2) is 0 Å². The summed E-state index contributed by atoms with van der Waals surface area (Å²) in [6.07, 6.45) is 2.40. The Balaban J connectivity index is 1.70. The smallest absolute Gasteiger partial charge is 0.270 e. The summed E-state index contributed by atoms with van der Waals surface area (Å²) in [5.74, 6) is 1.56. The summed E-state index contributed by atoms with van der Waals surface area (Å²) in [6.45, 7) is 2.86. The van der Waals surface area contributed by atoms with Crippen LogP contribution >= 0.6 is 0 Å². The Bertz CT molecular complexity index is 683. The van der Waals surface area contributed by atoms with Crippen LogP contribution in [0.5, 0.6) is 0 Å². The molecular formula is C17H21N3O3. The van der Waals surface area contributed by atoms with Crippen LogP contribution in [0.3, 0.4) is 0 Å². The number of likely N-dealkylation sites (N-methyl/N-ethyl adjacent to an activating group) is 1. The van der Waals surface area contributed by atoms with E-state index in [4.69, 9.17) is 4.42 Å². The minimum atomic E-state index is -0.390. The number of nitro benzene ring substituents is 1. The number of nitrogens with zero attached hydrogens (tertiary/aromatic N) is 2. The standard InChI is InChI=1S/C17H21N3O3/c1-18-14-5-3-9-19(11-14)12-16-7-8-17(23-16)13-4-2-6-15(10-13)20(21)22/h2,4,6-8,10,14,18H,3,5,9,11-12H2,1H3. The number of rotatable bonds is 5. The normalized spacial score (nSPS) is 18.9. The van der Waals surface area contributed by atoms with E-state index < -0.39 is 0 Å². The zero-order valence-electron chi connectivity index (χ0n) is 13.2. The molecule has 0 aliphatic carbocycles. The lowest BCUT2D eigenvalue weighted by Gasteiger charge is -2.31. The van der Waals surface area contributed by atoms with Crippen molar-refractivity contribution in [3.63, 3.8) is 0 Å². The number of nitro groups is 1. The highest BCUT2D eigenvalue weighted by Crippen LogP contribution is 2.26. The maximum absolute atomic E-state index is 10.9. The number of furan rings is 1. The van der Waals surface area contributed by atoms with Gasteiger partial charge in [0.25, 0.3) is 5.69 Å². The predicted molar refractivity (Wildman–Crippen MR) is 88.2 cm³/mol. The highest BCUT2D eigenvalue weighted by Gasteiger charge is 2.19. The molecule has 3 rings (SSSR count). The third-order valence-corrected chi connectivity index (χ3v) is 4.30. The van der Waals surface area contributed by atoms with Crippen molar-refractivity contribution in [3.8, 4) is 11.3 Å². The fraction of sp³-hybridized carbons (Fsp3) is 0.412. The minimum absolute atomic E-state index is 0.0772. The van der Waals surface area contributed by atoms with Crippen LogP contribution in [0.2, 0.25) is 0 Å². The first-order valence-electron chi connectivity index (χ1n) is 7.89. The third kappa shape index (κ3) is 3.78. The summed E-state index contributed by atoms with van der Waals surface area (Å²) < 4.78 is 5.89. The fourth-order valence-electron chi connectivity index (χ4n) is 3.05. The van der Waals surface area contributed by atoms with Gasteiger partial charge in [0, 0.05) is 30.3 Å². The summed E-state index contributed by atoms with van der Waals surface area (Å²) >= 11 is 0. The topological polar surface area (TPSA) is 71.5 Å². The molecule has 0 radical (unpaired) electrons. The Morgan fingerprint density at radius 2 is 2.26 bits per heavy atom. The van der Waals surface area contributed by atoms with Gasteiger partial charge in [0.2, 0.25) is 0 Å². The molecule has 0 saturated carbocycles. The number of non-ortho nitro benzene ring substituents is 1. The summed E-state index contributed by atoms with van der Waals surface area (Å²) in [4.78, 5) is 12.9. The van der Waals surface area contributed by atoms with Crippen LogP contribution in [0, 0.1) is 10.1 Å². The van der Waals surface area contributed by atoms with Crippen molar-refractivity contribution in [1.29, 1.82) is 0 Å². The van der Waals surface area contributed by atoms with Crippen LogP contribution in [0.1, 0.15) is 18.6 Å². The Morgan fingerprint density at radius 3 is 3.04 bits per heavy atom.